The second-order valence-electron chi connectivity index (χ2n) is 7.69. The van der Waals surface area contributed by atoms with Crippen LogP contribution in [-0.2, 0) is 12.8 Å². The van der Waals surface area contributed by atoms with Gasteiger partial charge in [-0.05, 0) is 55.4 Å². The molecule has 0 atom stereocenters. The number of ketones is 1. The zero-order valence-corrected chi connectivity index (χ0v) is 14.8. The van der Waals surface area contributed by atoms with Gasteiger partial charge < -0.3 is 4.57 Å². The standard InChI is InChI=1S/C21H27NO/c1-5-6-7-16-8-10-17(11-9-16)22-15(2)12-18-19(22)13-21(3,4)14-20(18)23/h8-12H,5-7,13-14H2,1-4H3. The molecule has 1 aliphatic carbocycles. The van der Waals surface area contributed by atoms with Crippen molar-refractivity contribution in [2.45, 2.75) is 59.8 Å². The second-order valence-corrected chi connectivity index (χ2v) is 7.69. The number of aryl methyl sites for hydroxylation is 2. The Hall–Kier alpha value is -1.83. The smallest absolute Gasteiger partial charge is 0.165 e. The minimum atomic E-state index is 0.0493. The molecule has 0 aliphatic heterocycles. The van der Waals surface area contributed by atoms with Gasteiger partial charge in [-0.3, -0.25) is 4.79 Å². The van der Waals surface area contributed by atoms with Crippen LogP contribution >= 0.6 is 0 Å². The van der Waals surface area contributed by atoms with Crippen molar-refractivity contribution >= 4 is 5.78 Å². The van der Waals surface area contributed by atoms with Gasteiger partial charge in [-0.25, -0.2) is 0 Å². The van der Waals surface area contributed by atoms with Crippen molar-refractivity contribution in [2.75, 3.05) is 0 Å². The first-order chi connectivity index (χ1) is 10.9. The molecule has 1 heterocycles. The lowest BCUT2D eigenvalue weighted by molar-refractivity contribution is 0.0911. The fraction of sp³-hybridized carbons (Fsp3) is 0.476. The van der Waals surface area contributed by atoms with Crippen LogP contribution in [0.1, 0.15) is 67.3 Å². The topological polar surface area (TPSA) is 22.0 Å². The molecule has 1 aromatic carbocycles. The van der Waals surface area contributed by atoms with Gasteiger partial charge in [0.1, 0.15) is 0 Å². The van der Waals surface area contributed by atoms with Crippen molar-refractivity contribution in [1.29, 1.82) is 0 Å². The summed E-state index contributed by atoms with van der Waals surface area (Å²) in [7, 11) is 0. The summed E-state index contributed by atoms with van der Waals surface area (Å²) in [5.41, 5.74) is 5.89. The highest BCUT2D eigenvalue weighted by Crippen LogP contribution is 2.37. The molecule has 0 N–H and O–H groups in total. The van der Waals surface area contributed by atoms with Gasteiger partial charge in [0, 0.05) is 29.1 Å². The number of carbonyl (C=O) groups excluding carboxylic acids is 1. The molecule has 1 aliphatic rings. The third-order valence-electron chi connectivity index (χ3n) is 4.89. The van der Waals surface area contributed by atoms with Crippen molar-refractivity contribution in [2.24, 2.45) is 5.41 Å². The third-order valence-corrected chi connectivity index (χ3v) is 4.89. The summed E-state index contributed by atoms with van der Waals surface area (Å²) in [6.07, 6.45) is 5.22. The fourth-order valence-corrected chi connectivity index (χ4v) is 3.70. The van der Waals surface area contributed by atoms with Crippen LogP contribution in [-0.4, -0.2) is 10.4 Å². The van der Waals surface area contributed by atoms with Gasteiger partial charge in [-0.15, -0.1) is 0 Å². The van der Waals surface area contributed by atoms with E-state index in [1.165, 1.54) is 29.8 Å². The summed E-state index contributed by atoms with van der Waals surface area (Å²) in [5.74, 6) is 0.290. The van der Waals surface area contributed by atoms with Gasteiger partial charge in [-0.2, -0.15) is 0 Å². The number of hydrogen-bond acceptors (Lipinski definition) is 1. The molecule has 0 saturated heterocycles. The lowest BCUT2D eigenvalue weighted by atomic mass is 9.76. The average Bonchev–Trinajstić information content (AvgIpc) is 2.81. The van der Waals surface area contributed by atoms with Crippen LogP contribution in [0.15, 0.2) is 30.3 Å². The highest BCUT2D eigenvalue weighted by atomic mass is 16.1. The van der Waals surface area contributed by atoms with Crippen LogP contribution in [0.2, 0.25) is 0 Å². The van der Waals surface area contributed by atoms with Gasteiger partial charge in [0.2, 0.25) is 0 Å². The van der Waals surface area contributed by atoms with Crippen molar-refractivity contribution in [3.63, 3.8) is 0 Å². The molecule has 122 valence electrons. The van der Waals surface area contributed by atoms with E-state index in [-0.39, 0.29) is 11.2 Å². The Balaban J connectivity index is 1.99. The van der Waals surface area contributed by atoms with E-state index in [1.807, 2.05) is 0 Å². The lowest BCUT2D eigenvalue weighted by Gasteiger charge is -2.30. The number of Topliss-reactive ketones (excluding diaryl/α,β-unsaturated/α-hetero) is 1. The maximum Gasteiger partial charge on any atom is 0.165 e. The van der Waals surface area contributed by atoms with E-state index in [9.17, 15) is 4.79 Å². The van der Waals surface area contributed by atoms with Gasteiger partial charge >= 0.3 is 0 Å². The monoisotopic (exact) mass is 309 g/mol. The van der Waals surface area contributed by atoms with Gasteiger partial charge in [0.25, 0.3) is 0 Å². The Morgan fingerprint density at radius 2 is 1.83 bits per heavy atom. The second kappa shape index (κ2) is 5.99. The predicted molar refractivity (Wildman–Crippen MR) is 95.6 cm³/mol. The highest BCUT2D eigenvalue weighted by Gasteiger charge is 2.34. The molecule has 0 saturated carbocycles. The molecule has 2 heteroatoms. The molecule has 0 fully saturated rings. The number of carbonyl (C=O) groups is 1. The van der Waals surface area contributed by atoms with E-state index in [2.05, 4.69) is 62.6 Å². The van der Waals surface area contributed by atoms with E-state index in [0.717, 1.165) is 24.1 Å². The van der Waals surface area contributed by atoms with Crippen LogP contribution in [0.3, 0.4) is 0 Å². The summed E-state index contributed by atoms with van der Waals surface area (Å²) in [4.78, 5) is 12.5. The first-order valence-electron chi connectivity index (χ1n) is 8.75. The lowest BCUT2D eigenvalue weighted by Crippen LogP contribution is -2.27. The van der Waals surface area contributed by atoms with Crippen molar-refractivity contribution in [3.05, 3.63) is 52.8 Å². The highest BCUT2D eigenvalue weighted by molar-refractivity contribution is 5.99. The normalized spacial score (nSPS) is 16.4. The van der Waals surface area contributed by atoms with Crippen molar-refractivity contribution < 1.29 is 4.79 Å². The number of hydrogen-bond donors (Lipinski definition) is 0. The van der Waals surface area contributed by atoms with Gasteiger partial charge in [0.05, 0.1) is 0 Å². The Bertz CT molecular complexity index is 719. The zero-order chi connectivity index (χ0) is 16.6. The van der Waals surface area contributed by atoms with E-state index in [4.69, 9.17) is 0 Å². The molecule has 0 amide bonds. The molecule has 0 unspecified atom stereocenters. The zero-order valence-electron chi connectivity index (χ0n) is 14.8. The van der Waals surface area contributed by atoms with E-state index < -0.39 is 0 Å². The number of rotatable bonds is 4. The van der Waals surface area contributed by atoms with Crippen molar-refractivity contribution in [1.82, 2.24) is 4.57 Å². The maximum atomic E-state index is 12.5. The first-order valence-corrected chi connectivity index (χ1v) is 8.75. The minimum absolute atomic E-state index is 0.0493. The fourth-order valence-electron chi connectivity index (χ4n) is 3.70. The van der Waals surface area contributed by atoms with Crippen LogP contribution < -0.4 is 0 Å². The molecular formula is C21H27NO. The van der Waals surface area contributed by atoms with E-state index in [1.54, 1.807) is 0 Å². The molecule has 2 nitrogen and oxygen atoms in total. The number of benzene rings is 1. The average molecular weight is 309 g/mol. The van der Waals surface area contributed by atoms with Gasteiger partial charge in [-0.1, -0.05) is 39.3 Å². The molecule has 23 heavy (non-hydrogen) atoms. The molecule has 1 aromatic heterocycles. The summed E-state index contributed by atoms with van der Waals surface area (Å²) in [6, 6.07) is 10.9. The SMILES string of the molecule is CCCCc1ccc(-n2c(C)cc3c2CC(C)(C)CC3=O)cc1. The molecule has 2 aromatic rings. The molecule has 3 rings (SSSR count). The molecule has 0 bridgehead atoms. The number of aromatic nitrogens is 1. The Labute approximate surface area is 139 Å². The Morgan fingerprint density at radius 3 is 2.48 bits per heavy atom. The molecule has 0 spiro atoms. The van der Waals surface area contributed by atoms with Crippen LogP contribution in [0.5, 0.6) is 0 Å². The number of unbranched alkanes of at least 4 members (excludes halogenated alkanes) is 1. The van der Waals surface area contributed by atoms with Crippen LogP contribution in [0.4, 0.5) is 0 Å². The van der Waals surface area contributed by atoms with E-state index >= 15 is 0 Å². The Kier molecular flexibility index (Phi) is 4.18. The molecular weight excluding hydrogens is 282 g/mol. The maximum absolute atomic E-state index is 12.5. The summed E-state index contributed by atoms with van der Waals surface area (Å²) in [5, 5.41) is 0. The van der Waals surface area contributed by atoms with Crippen LogP contribution in [0, 0.1) is 12.3 Å². The van der Waals surface area contributed by atoms with Gasteiger partial charge in [0.15, 0.2) is 5.78 Å². The number of fused-ring (bicyclic) bond motifs is 1. The quantitative estimate of drug-likeness (QED) is 0.752. The minimum Gasteiger partial charge on any atom is -0.317 e. The third kappa shape index (κ3) is 3.12. The largest absolute Gasteiger partial charge is 0.317 e. The Morgan fingerprint density at radius 1 is 1.13 bits per heavy atom. The first kappa shape index (κ1) is 16.0. The summed E-state index contributed by atoms with van der Waals surface area (Å²) < 4.78 is 2.28. The molecule has 0 radical (unpaired) electrons. The predicted octanol–water partition coefficient (Wildman–Crippen LogP) is 5.28. The summed E-state index contributed by atoms with van der Waals surface area (Å²) >= 11 is 0. The van der Waals surface area contributed by atoms with Crippen LogP contribution in [0.25, 0.3) is 5.69 Å². The number of nitrogens with zero attached hydrogens (tertiary/aromatic N) is 1. The summed E-state index contributed by atoms with van der Waals surface area (Å²) in [6.45, 7) is 8.70. The van der Waals surface area contributed by atoms with Crippen molar-refractivity contribution in [3.8, 4) is 5.69 Å². The van der Waals surface area contributed by atoms with E-state index in [0.29, 0.717) is 6.42 Å².